The van der Waals surface area contributed by atoms with E-state index in [1.807, 2.05) is 48.2 Å². The fraction of sp³-hybridized carbons (Fsp3) is 0.514. The number of aryl methyl sites for hydroxylation is 1. The SMILES string of the molecule is CC(=O)Oc1ccc2c3c1OC1C(N(CC(C)C)C(=O)/C=C/c4cccc(C)c4)CC[C@@]4(OC(C)=O)[C@@H](C2)N(C)CC[C@]314. The van der Waals surface area contributed by atoms with Gasteiger partial charge in [-0.2, -0.15) is 0 Å². The number of carbonyl (C=O) groups excluding carboxylic acids is 3. The van der Waals surface area contributed by atoms with Crippen molar-refractivity contribution in [2.75, 3.05) is 20.1 Å². The molecule has 2 aromatic rings. The van der Waals surface area contributed by atoms with E-state index in [0.29, 0.717) is 43.7 Å². The number of ether oxygens (including phenoxy) is 3. The Kier molecular flexibility index (Phi) is 7.40. The summed E-state index contributed by atoms with van der Waals surface area (Å²) in [4.78, 5) is 43.3. The van der Waals surface area contributed by atoms with E-state index in [1.165, 1.54) is 13.8 Å². The molecule has 2 aromatic carbocycles. The Balaban J connectivity index is 1.49. The summed E-state index contributed by atoms with van der Waals surface area (Å²) in [6.45, 7) is 10.5. The highest BCUT2D eigenvalue weighted by Crippen LogP contribution is 2.67. The predicted octanol–water partition coefficient (Wildman–Crippen LogP) is 4.84. The van der Waals surface area contributed by atoms with Crippen LogP contribution in [-0.4, -0.2) is 71.6 Å². The van der Waals surface area contributed by atoms with Gasteiger partial charge in [0.1, 0.15) is 11.7 Å². The predicted molar refractivity (Wildman–Crippen MR) is 163 cm³/mol. The van der Waals surface area contributed by atoms with Crippen molar-refractivity contribution in [2.45, 2.75) is 89.5 Å². The lowest BCUT2D eigenvalue weighted by Crippen LogP contribution is -2.79. The van der Waals surface area contributed by atoms with Gasteiger partial charge in [-0.15, -0.1) is 0 Å². The molecule has 1 saturated carbocycles. The number of hydrogen-bond donors (Lipinski definition) is 0. The number of benzene rings is 2. The summed E-state index contributed by atoms with van der Waals surface area (Å²) >= 11 is 0. The maximum absolute atomic E-state index is 14.1. The van der Waals surface area contributed by atoms with Crippen molar-refractivity contribution in [3.8, 4) is 11.5 Å². The average Bonchev–Trinajstić information content (AvgIpc) is 3.29. The van der Waals surface area contributed by atoms with Gasteiger partial charge in [-0.25, -0.2) is 0 Å². The van der Waals surface area contributed by atoms with Crippen molar-refractivity contribution in [3.63, 3.8) is 0 Å². The lowest BCUT2D eigenvalue weighted by molar-refractivity contribution is -0.221. The topological polar surface area (TPSA) is 85.4 Å². The molecular formula is C35H42N2O6. The first-order valence-corrected chi connectivity index (χ1v) is 15.4. The van der Waals surface area contributed by atoms with Crippen LogP contribution in [0.1, 0.15) is 69.2 Å². The summed E-state index contributed by atoms with van der Waals surface area (Å²) in [6, 6.07) is 11.6. The second-order valence-corrected chi connectivity index (χ2v) is 13.2. The molecule has 6 rings (SSSR count). The van der Waals surface area contributed by atoms with Gasteiger partial charge in [0.15, 0.2) is 11.5 Å². The quantitative estimate of drug-likeness (QED) is 0.261. The molecule has 1 saturated heterocycles. The molecule has 0 radical (unpaired) electrons. The number of rotatable bonds is 7. The van der Waals surface area contributed by atoms with Gasteiger partial charge < -0.3 is 19.1 Å². The minimum absolute atomic E-state index is 0.0364. The van der Waals surface area contributed by atoms with Gasteiger partial charge >= 0.3 is 11.9 Å². The van der Waals surface area contributed by atoms with Crippen molar-refractivity contribution in [2.24, 2.45) is 5.92 Å². The Morgan fingerprint density at radius 1 is 1.14 bits per heavy atom. The fourth-order valence-electron chi connectivity index (χ4n) is 8.52. The Bertz CT molecular complexity index is 1500. The summed E-state index contributed by atoms with van der Waals surface area (Å²) in [5.41, 5.74) is 2.69. The summed E-state index contributed by atoms with van der Waals surface area (Å²) in [5, 5.41) is 0. The third kappa shape index (κ3) is 4.65. The van der Waals surface area contributed by atoms with Crippen LogP contribution in [-0.2, 0) is 31.0 Å². The summed E-state index contributed by atoms with van der Waals surface area (Å²) in [6.07, 6.45) is 5.68. The molecule has 2 fully saturated rings. The van der Waals surface area contributed by atoms with E-state index in [9.17, 15) is 14.4 Å². The zero-order valence-corrected chi connectivity index (χ0v) is 26.0. The highest BCUT2D eigenvalue weighted by atomic mass is 16.6. The van der Waals surface area contributed by atoms with Crippen molar-refractivity contribution >= 4 is 23.9 Å². The molecule has 1 spiro atoms. The number of amides is 1. The van der Waals surface area contributed by atoms with Gasteiger partial charge in [-0.05, 0) is 75.4 Å². The molecule has 2 bridgehead atoms. The smallest absolute Gasteiger partial charge is 0.308 e. The number of piperidine rings is 1. The monoisotopic (exact) mass is 586 g/mol. The van der Waals surface area contributed by atoms with E-state index in [1.54, 1.807) is 6.08 Å². The molecule has 2 unspecified atom stereocenters. The van der Waals surface area contributed by atoms with Crippen LogP contribution in [0.4, 0.5) is 0 Å². The normalized spacial score (nSPS) is 28.8. The maximum Gasteiger partial charge on any atom is 0.308 e. The first-order chi connectivity index (χ1) is 20.5. The van der Waals surface area contributed by atoms with Crippen LogP contribution in [0.2, 0.25) is 0 Å². The fourth-order valence-corrected chi connectivity index (χ4v) is 8.52. The van der Waals surface area contributed by atoms with Crippen LogP contribution >= 0.6 is 0 Å². The Labute approximate surface area is 254 Å². The Hall–Kier alpha value is -3.65. The third-order valence-corrected chi connectivity index (χ3v) is 9.93. The number of esters is 2. The van der Waals surface area contributed by atoms with Gasteiger partial charge in [-0.1, -0.05) is 49.7 Å². The minimum atomic E-state index is -0.829. The molecule has 2 heterocycles. The van der Waals surface area contributed by atoms with Crippen LogP contribution in [0, 0.1) is 12.8 Å². The van der Waals surface area contributed by atoms with Crippen LogP contribution in [0.15, 0.2) is 42.5 Å². The molecule has 2 aliphatic heterocycles. The number of nitrogens with zero attached hydrogens (tertiary/aromatic N) is 2. The van der Waals surface area contributed by atoms with E-state index in [0.717, 1.165) is 28.8 Å². The van der Waals surface area contributed by atoms with Crippen LogP contribution in [0.25, 0.3) is 6.08 Å². The second kappa shape index (κ2) is 10.8. The molecule has 0 aromatic heterocycles. The number of carbonyl (C=O) groups is 3. The lowest BCUT2D eigenvalue weighted by atomic mass is 9.48. The number of likely N-dealkylation sites (N-methyl/N-ethyl adjacent to an activating group) is 1. The van der Waals surface area contributed by atoms with Crippen LogP contribution < -0.4 is 9.47 Å². The molecule has 1 amide bonds. The van der Waals surface area contributed by atoms with Gasteiger partial charge in [0.2, 0.25) is 5.91 Å². The highest BCUT2D eigenvalue weighted by molar-refractivity contribution is 5.92. The molecule has 8 nitrogen and oxygen atoms in total. The molecule has 2 aliphatic carbocycles. The molecule has 8 heteroatoms. The number of likely N-dealkylation sites (tertiary alicyclic amines) is 1. The van der Waals surface area contributed by atoms with Crippen molar-refractivity contribution in [1.82, 2.24) is 9.80 Å². The Morgan fingerprint density at radius 2 is 1.93 bits per heavy atom. The number of hydrogen-bond acceptors (Lipinski definition) is 7. The first kappa shape index (κ1) is 29.4. The van der Waals surface area contributed by atoms with E-state index in [2.05, 4.69) is 31.9 Å². The zero-order chi connectivity index (χ0) is 30.7. The maximum atomic E-state index is 14.1. The van der Waals surface area contributed by atoms with Crippen molar-refractivity contribution in [1.29, 1.82) is 0 Å². The van der Waals surface area contributed by atoms with Gasteiger partial charge in [0.25, 0.3) is 0 Å². The van der Waals surface area contributed by atoms with Gasteiger partial charge in [-0.3, -0.25) is 19.3 Å². The van der Waals surface area contributed by atoms with E-state index in [4.69, 9.17) is 14.2 Å². The van der Waals surface area contributed by atoms with E-state index < -0.39 is 23.1 Å². The van der Waals surface area contributed by atoms with Crippen molar-refractivity contribution in [3.05, 3.63) is 64.7 Å². The third-order valence-electron chi connectivity index (χ3n) is 9.93. The van der Waals surface area contributed by atoms with Gasteiger partial charge in [0.05, 0.1) is 17.5 Å². The standard InChI is InChI=1S/C35H42N2O6/c1-21(2)20-37(30(40)13-10-25-9-7-8-22(3)18-25)27-14-15-35(43-24(5)39)29-19-26-11-12-28(41-23(4)38)32-31(26)34(35,33(27)42-32)16-17-36(29)6/h7-13,18,21,27,29,33H,14-17,19-20H2,1-6H3/b13-10+/t27?,29-,33?,34+,35-/m1/s1. The molecular weight excluding hydrogens is 544 g/mol. The summed E-state index contributed by atoms with van der Waals surface area (Å²) in [5.74, 6) is 0.338. The molecule has 0 N–H and O–H groups in total. The highest BCUT2D eigenvalue weighted by Gasteiger charge is 2.75. The zero-order valence-electron chi connectivity index (χ0n) is 26.0. The van der Waals surface area contributed by atoms with E-state index in [-0.39, 0.29) is 29.9 Å². The molecule has 5 atom stereocenters. The van der Waals surface area contributed by atoms with Crippen LogP contribution in [0.5, 0.6) is 11.5 Å². The Morgan fingerprint density at radius 3 is 2.63 bits per heavy atom. The van der Waals surface area contributed by atoms with E-state index >= 15 is 0 Å². The molecule has 228 valence electrons. The summed E-state index contributed by atoms with van der Waals surface area (Å²) < 4.78 is 19.1. The summed E-state index contributed by atoms with van der Waals surface area (Å²) in [7, 11) is 2.10. The minimum Gasteiger partial charge on any atom is -0.483 e. The largest absolute Gasteiger partial charge is 0.483 e. The first-order valence-electron chi connectivity index (χ1n) is 15.4. The molecule has 4 aliphatic rings. The average molecular weight is 587 g/mol. The van der Waals surface area contributed by atoms with Gasteiger partial charge in [0, 0.05) is 32.0 Å². The lowest BCUT2D eigenvalue weighted by Gasteiger charge is -2.65. The second-order valence-electron chi connectivity index (χ2n) is 13.2. The molecule has 43 heavy (non-hydrogen) atoms. The van der Waals surface area contributed by atoms with Crippen molar-refractivity contribution < 1.29 is 28.6 Å². The van der Waals surface area contributed by atoms with Crippen LogP contribution in [0.3, 0.4) is 0 Å².